The van der Waals surface area contributed by atoms with Gasteiger partial charge in [0.05, 0.1) is 11.5 Å². The number of carbonyl (C=O) groups is 2. The van der Waals surface area contributed by atoms with Crippen LogP contribution in [0.3, 0.4) is 0 Å². The molecule has 100 valence electrons. The first-order valence-electron chi connectivity index (χ1n) is 5.40. The van der Waals surface area contributed by atoms with E-state index in [9.17, 15) is 18.0 Å². The van der Waals surface area contributed by atoms with E-state index in [1.54, 1.807) is 0 Å². The number of hydrogen-bond acceptors (Lipinski definition) is 4. The van der Waals surface area contributed by atoms with Gasteiger partial charge in [0, 0.05) is 12.8 Å². The average molecular weight is 303 g/mol. The first-order chi connectivity index (χ1) is 7.83. The number of rotatable bonds is 10. The SMILES string of the molecule is O=C(Cl)CCCCS(=O)(=O)CCCCC(=O)Cl. The summed E-state index contributed by atoms with van der Waals surface area (Å²) in [5, 5.41) is -0.883. The van der Waals surface area contributed by atoms with Crippen molar-refractivity contribution in [2.75, 3.05) is 11.5 Å². The standard InChI is InChI=1S/C10H16Cl2O4S/c11-9(13)5-1-3-7-17(15,16)8-4-2-6-10(12)14/h1-8H2. The van der Waals surface area contributed by atoms with E-state index in [-0.39, 0.29) is 24.3 Å². The van der Waals surface area contributed by atoms with Gasteiger partial charge in [0.1, 0.15) is 9.84 Å². The van der Waals surface area contributed by atoms with Crippen LogP contribution >= 0.6 is 23.2 Å². The molecule has 0 saturated heterocycles. The number of halogens is 2. The normalized spacial score (nSPS) is 11.4. The molecular weight excluding hydrogens is 287 g/mol. The molecule has 0 rings (SSSR count). The Labute approximate surface area is 112 Å². The van der Waals surface area contributed by atoms with Crippen LogP contribution in [0.2, 0.25) is 0 Å². The number of hydrogen-bond donors (Lipinski definition) is 0. The van der Waals surface area contributed by atoms with Crippen molar-refractivity contribution >= 4 is 43.5 Å². The van der Waals surface area contributed by atoms with Gasteiger partial charge < -0.3 is 0 Å². The molecular formula is C10H16Cl2O4S. The zero-order valence-corrected chi connectivity index (χ0v) is 11.8. The van der Waals surface area contributed by atoms with E-state index < -0.39 is 20.3 Å². The van der Waals surface area contributed by atoms with Crippen LogP contribution in [0.1, 0.15) is 38.5 Å². The smallest absolute Gasteiger partial charge is 0.221 e. The molecule has 7 heteroatoms. The molecule has 0 aromatic heterocycles. The number of sulfone groups is 1. The zero-order chi connectivity index (χ0) is 13.3. The summed E-state index contributed by atoms with van der Waals surface area (Å²) in [6.45, 7) is 0. The van der Waals surface area contributed by atoms with Crippen LogP contribution in [-0.2, 0) is 19.4 Å². The van der Waals surface area contributed by atoms with Gasteiger partial charge in [-0.25, -0.2) is 8.42 Å². The minimum atomic E-state index is -3.09. The third-order valence-corrected chi connectivity index (χ3v) is 4.36. The Bertz CT molecular complexity index is 323. The van der Waals surface area contributed by atoms with Crippen molar-refractivity contribution in [2.24, 2.45) is 0 Å². The topological polar surface area (TPSA) is 68.3 Å². The molecule has 0 saturated carbocycles. The van der Waals surface area contributed by atoms with Crippen LogP contribution in [-0.4, -0.2) is 30.4 Å². The van der Waals surface area contributed by atoms with Crippen LogP contribution in [0.25, 0.3) is 0 Å². The first-order valence-corrected chi connectivity index (χ1v) is 7.98. The second-order valence-electron chi connectivity index (χ2n) is 3.78. The monoisotopic (exact) mass is 302 g/mol. The van der Waals surface area contributed by atoms with Crippen molar-refractivity contribution in [3.63, 3.8) is 0 Å². The van der Waals surface area contributed by atoms with Gasteiger partial charge in [-0.1, -0.05) is 0 Å². The van der Waals surface area contributed by atoms with Gasteiger partial charge in [-0.3, -0.25) is 9.59 Å². The van der Waals surface area contributed by atoms with Crippen molar-refractivity contribution < 1.29 is 18.0 Å². The lowest BCUT2D eigenvalue weighted by Crippen LogP contribution is -2.11. The molecule has 0 amide bonds. The summed E-state index contributed by atoms with van der Waals surface area (Å²) < 4.78 is 23.0. The van der Waals surface area contributed by atoms with E-state index in [2.05, 4.69) is 0 Å². The minimum absolute atomic E-state index is 0.0615. The van der Waals surface area contributed by atoms with E-state index in [1.165, 1.54) is 0 Å². The third kappa shape index (κ3) is 12.1. The Morgan fingerprint density at radius 3 is 1.41 bits per heavy atom. The van der Waals surface area contributed by atoms with Crippen molar-refractivity contribution in [1.29, 1.82) is 0 Å². The summed E-state index contributed by atoms with van der Waals surface area (Å²) in [7, 11) is -3.09. The van der Waals surface area contributed by atoms with Gasteiger partial charge in [-0.2, -0.15) is 0 Å². The maximum Gasteiger partial charge on any atom is 0.221 e. The zero-order valence-electron chi connectivity index (χ0n) is 9.45. The van der Waals surface area contributed by atoms with E-state index in [0.717, 1.165) is 0 Å². The fourth-order valence-corrected chi connectivity index (χ4v) is 3.03. The van der Waals surface area contributed by atoms with Gasteiger partial charge in [0.15, 0.2) is 0 Å². The molecule has 0 aliphatic carbocycles. The summed E-state index contributed by atoms with van der Waals surface area (Å²) >= 11 is 10.3. The fraction of sp³-hybridized carbons (Fsp3) is 0.800. The second kappa shape index (κ2) is 8.89. The number of carbonyl (C=O) groups excluding carboxylic acids is 2. The molecule has 0 unspecified atom stereocenters. The van der Waals surface area contributed by atoms with Gasteiger partial charge in [0.25, 0.3) is 0 Å². The third-order valence-electron chi connectivity index (χ3n) is 2.16. The van der Waals surface area contributed by atoms with Crippen LogP contribution in [0, 0.1) is 0 Å². The lowest BCUT2D eigenvalue weighted by atomic mass is 10.3. The summed E-state index contributed by atoms with van der Waals surface area (Å²) in [5.41, 5.74) is 0. The Hall–Kier alpha value is -0.130. The van der Waals surface area contributed by atoms with Gasteiger partial charge in [0.2, 0.25) is 10.5 Å². The van der Waals surface area contributed by atoms with Gasteiger partial charge >= 0.3 is 0 Å². The van der Waals surface area contributed by atoms with Crippen LogP contribution < -0.4 is 0 Å². The van der Waals surface area contributed by atoms with E-state index >= 15 is 0 Å². The first kappa shape index (κ1) is 16.9. The molecule has 0 aliphatic heterocycles. The van der Waals surface area contributed by atoms with Crippen LogP contribution in [0.5, 0.6) is 0 Å². The van der Waals surface area contributed by atoms with Crippen molar-refractivity contribution in [3.8, 4) is 0 Å². The molecule has 0 atom stereocenters. The highest BCUT2D eigenvalue weighted by atomic mass is 35.5. The number of unbranched alkanes of at least 4 members (excludes halogenated alkanes) is 2. The molecule has 4 nitrogen and oxygen atoms in total. The van der Waals surface area contributed by atoms with Crippen molar-refractivity contribution in [1.82, 2.24) is 0 Å². The molecule has 0 aromatic rings. The van der Waals surface area contributed by atoms with Gasteiger partial charge in [-0.15, -0.1) is 0 Å². The quantitative estimate of drug-likeness (QED) is 0.458. The highest BCUT2D eigenvalue weighted by Gasteiger charge is 2.10. The van der Waals surface area contributed by atoms with Crippen LogP contribution in [0.4, 0.5) is 0 Å². The highest BCUT2D eigenvalue weighted by molar-refractivity contribution is 7.91. The Balaban J connectivity index is 3.66. The maximum atomic E-state index is 11.5. The fourth-order valence-electron chi connectivity index (χ4n) is 1.27. The largest absolute Gasteiger partial charge is 0.281 e. The van der Waals surface area contributed by atoms with E-state index in [0.29, 0.717) is 25.7 Å². The molecule has 0 fully saturated rings. The molecule has 0 N–H and O–H groups in total. The summed E-state index contributed by atoms with van der Waals surface area (Å²) in [6, 6.07) is 0. The highest BCUT2D eigenvalue weighted by Crippen LogP contribution is 2.06. The summed E-state index contributed by atoms with van der Waals surface area (Å²) in [6.07, 6.45) is 2.27. The van der Waals surface area contributed by atoms with Gasteiger partial charge in [-0.05, 0) is 48.9 Å². The molecule has 0 bridgehead atoms. The molecule has 0 aliphatic rings. The van der Waals surface area contributed by atoms with Crippen molar-refractivity contribution in [2.45, 2.75) is 38.5 Å². The predicted molar refractivity (Wildman–Crippen MR) is 68.1 cm³/mol. The summed E-state index contributed by atoms with van der Waals surface area (Å²) in [5.74, 6) is 0.123. The summed E-state index contributed by atoms with van der Waals surface area (Å²) in [4.78, 5) is 20.8. The molecule has 0 spiro atoms. The molecule has 0 heterocycles. The maximum absolute atomic E-state index is 11.5. The second-order valence-corrected chi connectivity index (χ2v) is 6.92. The Kier molecular flexibility index (Phi) is 8.82. The van der Waals surface area contributed by atoms with E-state index in [4.69, 9.17) is 23.2 Å². The predicted octanol–water partition coefficient (Wildman–Crippen LogP) is 2.27. The van der Waals surface area contributed by atoms with Crippen LogP contribution in [0.15, 0.2) is 0 Å². The average Bonchev–Trinajstić information content (AvgIpc) is 2.19. The molecule has 17 heavy (non-hydrogen) atoms. The molecule has 0 aromatic carbocycles. The lowest BCUT2D eigenvalue weighted by Gasteiger charge is -2.03. The molecule has 0 radical (unpaired) electrons. The minimum Gasteiger partial charge on any atom is -0.281 e. The Morgan fingerprint density at radius 1 is 0.765 bits per heavy atom. The van der Waals surface area contributed by atoms with Crippen molar-refractivity contribution in [3.05, 3.63) is 0 Å². The van der Waals surface area contributed by atoms with E-state index in [1.807, 2.05) is 0 Å². The lowest BCUT2D eigenvalue weighted by molar-refractivity contribution is -0.112. The Morgan fingerprint density at radius 2 is 1.12 bits per heavy atom.